The first-order valence-corrected chi connectivity index (χ1v) is 11.3. The van der Waals surface area contributed by atoms with Crippen molar-refractivity contribution in [3.05, 3.63) is 70.7 Å². The summed E-state index contributed by atoms with van der Waals surface area (Å²) in [6.45, 7) is 8.69. The zero-order chi connectivity index (χ0) is 18.8. The van der Waals surface area contributed by atoms with E-state index in [4.69, 9.17) is 0 Å². The van der Waals surface area contributed by atoms with Crippen LogP contribution in [0.4, 0.5) is 5.69 Å². The molecular formula is C23H25N2S2+. The molecule has 0 saturated heterocycles. The first-order valence-electron chi connectivity index (χ1n) is 9.63. The van der Waals surface area contributed by atoms with Crippen LogP contribution >= 0.6 is 23.1 Å². The fraction of sp³-hybridized carbons (Fsp3) is 0.261. The Morgan fingerprint density at radius 2 is 1.81 bits per heavy atom. The van der Waals surface area contributed by atoms with E-state index in [1.807, 2.05) is 23.1 Å². The Bertz CT molecular complexity index is 1030. The summed E-state index contributed by atoms with van der Waals surface area (Å²) >= 11 is 3.77. The van der Waals surface area contributed by atoms with Crippen LogP contribution in [-0.2, 0) is 6.54 Å². The van der Waals surface area contributed by atoms with Crippen molar-refractivity contribution in [2.45, 2.75) is 38.6 Å². The molecule has 0 fully saturated rings. The predicted molar refractivity (Wildman–Crippen MR) is 119 cm³/mol. The number of aromatic nitrogens is 1. The van der Waals surface area contributed by atoms with E-state index >= 15 is 0 Å². The highest BCUT2D eigenvalue weighted by Crippen LogP contribution is 2.45. The maximum absolute atomic E-state index is 2.45. The first-order chi connectivity index (χ1) is 13.3. The van der Waals surface area contributed by atoms with Gasteiger partial charge < -0.3 is 4.90 Å². The molecule has 0 amide bonds. The largest absolute Gasteiger partial charge is 0.335 e. The summed E-state index contributed by atoms with van der Waals surface area (Å²) in [5, 5.41) is 2.69. The zero-order valence-electron chi connectivity index (χ0n) is 16.1. The molecule has 3 aromatic rings. The second-order valence-corrected chi connectivity index (χ2v) is 8.58. The van der Waals surface area contributed by atoms with E-state index in [-0.39, 0.29) is 0 Å². The Morgan fingerprint density at radius 3 is 2.59 bits per heavy atom. The maximum atomic E-state index is 2.45. The molecule has 138 valence electrons. The molecule has 0 radical (unpaired) electrons. The summed E-state index contributed by atoms with van der Waals surface area (Å²) in [5.74, 6) is 0. The Balaban J connectivity index is 1.74. The van der Waals surface area contributed by atoms with Crippen molar-refractivity contribution in [3.8, 4) is 0 Å². The van der Waals surface area contributed by atoms with Crippen molar-refractivity contribution in [2.24, 2.45) is 0 Å². The summed E-state index contributed by atoms with van der Waals surface area (Å²) in [6, 6.07) is 17.4. The Morgan fingerprint density at radius 1 is 1.04 bits per heavy atom. The minimum absolute atomic E-state index is 0.989. The fourth-order valence-corrected chi connectivity index (χ4v) is 6.05. The highest BCUT2D eigenvalue weighted by molar-refractivity contribution is 8.03. The maximum Gasteiger partial charge on any atom is 0.265 e. The molecule has 2 heterocycles. The number of hydrogen-bond acceptors (Lipinski definition) is 3. The molecule has 0 unspecified atom stereocenters. The van der Waals surface area contributed by atoms with Crippen molar-refractivity contribution in [1.29, 1.82) is 0 Å². The number of nitrogens with zero attached hydrogens (tertiary/aromatic N) is 2. The third-order valence-corrected chi connectivity index (χ3v) is 7.33. The molecule has 0 spiro atoms. The number of anilines is 1. The van der Waals surface area contributed by atoms with Gasteiger partial charge in [0.1, 0.15) is 11.2 Å². The van der Waals surface area contributed by atoms with Gasteiger partial charge in [-0.3, -0.25) is 0 Å². The lowest BCUT2D eigenvalue weighted by Gasteiger charge is -2.17. The molecule has 0 bridgehead atoms. The molecule has 1 aliphatic rings. The molecule has 27 heavy (non-hydrogen) atoms. The summed E-state index contributed by atoms with van der Waals surface area (Å²) in [4.78, 5) is 3.75. The SMILES string of the molecule is CCC(=CC=C1Sc2ccccc2N1CC)c1sc2ccccc2[n+]1CC. The van der Waals surface area contributed by atoms with Crippen LogP contribution in [0.3, 0.4) is 0 Å². The molecule has 1 aliphatic heterocycles. The van der Waals surface area contributed by atoms with Gasteiger partial charge in [-0.25, -0.2) is 0 Å². The molecule has 1 aromatic heterocycles. The molecule has 0 N–H and O–H groups in total. The number of thioether (sulfide) groups is 1. The lowest BCUT2D eigenvalue weighted by atomic mass is 10.2. The third-order valence-electron chi connectivity index (χ3n) is 4.96. The molecule has 4 heteroatoms. The topological polar surface area (TPSA) is 7.12 Å². The predicted octanol–water partition coefficient (Wildman–Crippen LogP) is 6.48. The van der Waals surface area contributed by atoms with E-state index in [0.717, 1.165) is 19.5 Å². The fourth-order valence-electron chi connectivity index (χ4n) is 3.60. The molecule has 2 nitrogen and oxygen atoms in total. The number of thiazole rings is 1. The van der Waals surface area contributed by atoms with Crippen LogP contribution in [-0.4, -0.2) is 6.54 Å². The molecule has 2 aromatic carbocycles. The van der Waals surface area contributed by atoms with Gasteiger partial charge in [-0.15, -0.1) is 0 Å². The number of hydrogen-bond donors (Lipinski definition) is 0. The molecule has 0 saturated carbocycles. The Labute approximate surface area is 169 Å². The van der Waals surface area contributed by atoms with Crippen LogP contribution in [0.5, 0.6) is 0 Å². The second-order valence-electron chi connectivity index (χ2n) is 6.48. The Kier molecular flexibility index (Phi) is 5.37. The average molecular weight is 394 g/mol. The van der Waals surface area contributed by atoms with Crippen LogP contribution < -0.4 is 9.47 Å². The second kappa shape index (κ2) is 7.91. The van der Waals surface area contributed by atoms with Crippen molar-refractivity contribution < 1.29 is 4.57 Å². The molecule has 0 atom stereocenters. The number of rotatable bonds is 5. The smallest absolute Gasteiger partial charge is 0.265 e. The van der Waals surface area contributed by atoms with Crippen LogP contribution in [0, 0.1) is 0 Å². The number of benzene rings is 2. The van der Waals surface area contributed by atoms with Crippen LogP contribution in [0.15, 0.2) is 70.6 Å². The third kappa shape index (κ3) is 3.32. The minimum atomic E-state index is 0.989. The van der Waals surface area contributed by atoms with Gasteiger partial charge in [0.2, 0.25) is 5.52 Å². The van der Waals surface area contributed by atoms with Crippen LogP contribution in [0.2, 0.25) is 0 Å². The van der Waals surface area contributed by atoms with E-state index < -0.39 is 0 Å². The number of para-hydroxylation sites is 2. The van der Waals surface area contributed by atoms with Gasteiger partial charge in [-0.05, 0) is 50.6 Å². The summed E-state index contributed by atoms with van der Waals surface area (Å²) in [5.41, 5.74) is 4.07. The van der Waals surface area contributed by atoms with Gasteiger partial charge in [0, 0.05) is 23.1 Å². The molecule has 4 rings (SSSR count). The number of aryl methyl sites for hydroxylation is 1. The highest BCUT2D eigenvalue weighted by atomic mass is 32.2. The van der Waals surface area contributed by atoms with Crippen molar-refractivity contribution in [1.82, 2.24) is 0 Å². The number of allylic oxidation sites excluding steroid dienone is 3. The molecule has 0 aliphatic carbocycles. The minimum Gasteiger partial charge on any atom is -0.335 e. The van der Waals surface area contributed by atoms with Gasteiger partial charge in [-0.2, -0.15) is 4.57 Å². The van der Waals surface area contributed by atoms with Crippen LogP contribution in [0.25, 0.3) is 15.8 Å². The van der Waals surface area contributed by atoms with E-state index in [9.17, 15) is 0 Å². The first kappa shape index (κ1) is 18.3. The average Bonchev–Trinajstić information content (AvgIpc) is 3.26. The lowest BCUT2D eigenvalue weighted by molar-refractivity contribution is -0.665. The summed E-state index contributed by atoms with van der Waals surface area (Å²) in [7, 11) is 0. The van der Waals surface area contributed by atoms with Gasteiger partial charge in [0.25, 0.3) is 5.01 Å². The molecular weight excluding hydrogens is 368 g/mol. The van der Waals surface area contributed by atoms with Gasteiger partial charge in [0.15, 0.2) is 0 Å². The standard InChI is InChI=1S/C23H25N2S2/c1-4-17(23-25(6-3)19-12-8-10-14-21(19)27-23)15-16-22-24(5-2)18-11-7-9-13-20(18)26-22/h7-16H,4-6H2,1-3H3/q+1. The lowest BCUT2D eigenvalue weighted by Crippen LogP contribution is -2.34. The zero-order valence-corrected chi connectivity index (χ0v) is 17.7. The summed E-state index contributed by atoms with van der Waals surface area (Å²) in [6.07, 6.45) is 5.66. The normalized spacial score (nSPS) is 15.7. The van der Waals surface area contributed by atoms with Crippen molar-refractivity contribution in [2.75, 3.05) is 11.4 Å². The number of fused-ring (bicyclic) bond motifs is 2. The van der Waals surface area contributed by atoms with E-state index in [1.54, 1.807) is 0 Å². The van der Waals surface area contributed by atoms with Gasteiger partial charge in [0.05, 0.1) is 10.7 Å². The van der Waals surface area contributed by atoms with E-state index in [2.05, 4.69) is 90.9 Å². The van der Waals surface area contributed by atoms with E-state index in [0.29, 0.717) is 0 Å². The van der Waals surface area contributed by atoms with Crippen LogP contribution in [0.1, 0.15) is 32.2 Å². The Hall–Kier alpha value is -2.04. The van der Waals surface area contributed by atoms with Crippen molar-refractivity contribution >= 4 is 44.6 Å². The van der Waals surface area contributed by atoms with E-state index in [1.165, 1.54) is 36.4 Å². The summed E-state index contributed by atoms with van der Waals surface area (Å²) < 4.78 is 3.81. The van der Waals surface area contributed by atoms with Gasteiger partial charge >= 0.3 is 0 Å². The van der Waals surface area contributed by atoms with Crippen molar-refractivity contribution in [3.63, 3.8) is 0 Å². The quantitative estimate of drug-likeness (QED) is 0.458. The van der Waals surface area contributed by atoms with Gasteiger partial charge in [-0.1, -0.05) is 54.3 Å². The highest BCUT2D eigenvalue weighted by Gasteiger charge is 2.24. The monoisotopic (exact) mass is 393 g/mol.